The van der Waals surface area contributed by atoms with E-state index >= 15 is 0 Å². The van der Waals surface area contributed by atoms with E-state index in [0.717, 1.165) is 52.2 Å². The lowest BCUT2D eigenvalue weighted by molar-refractivity contribution is 0.305. The molecular formula is C25H26N2O2S. The maximum absolute atomic E-state index is 6.26. The molecule has 154 valence electrons. The van der Waals surface area contributed by atoms with Gasteiger partial charge in [0, 0.05) is 28.9 Å². The first kappa shape index (κ1) is 20.5. The molecule has 0 fully saturated rings. The van der Waals surface area contributed by atoms with Crippen molar-refractivity contribution in [2.45, 2.75) is 36.5 Å². The van der Waals surface area contributed by atoms with E-state index < -0.39 is 0 Å². The third-order valence-corrected chi connectivity index (χ3v) is 6.17. The number of pyridine rings is 1. The van der Waals surface area contributed by atoms with Crippen LogP contribution in [-0.4, -0.2) is 11.6 Å². The second kappa shape index (κ2) is 9.83. The van der Waals surface area contributed by atoms with Crippen LogP contribution in [0.5, 0.6) is 5.75 Å². The van der Waals surface area contributed by atoms with Gasteiger partial charge in [0.25, 0.3) is 0 Å². The van der Waals surface area contributed by atoms with E-state index in [2.05, 4.69) is 36.2 Å². The first-order valence-corrected chi connectivity index (χ1v) is 11.2. The fourth-order valence-electron chi connectivity index (χ4n) is 3.49. The minimum Gasteiger partial charge on any atom is -0.493 e. The molecule has 2 heterocycles. The monoisotopic (exact) mass is 418 g/mol. The van der Waals surface area contributed by atoms with E-state index in [4.69, 9.17) is 14.9 Å². The minimum atomic E-state index is -0.0182. The molecule has 1 atom stereocenters. The van der Waals surface area contributed by atoms with E-state index in [1.807, 2.05) is 42.6 Å². The standard InChI is InChI=1S/C25H26N2O2S/c1-18-24(17-30-20-9-3-2-4-10-20)29-23-13-5-12-22(25(18)23)28-15-7-11-21(26)19-8-6-14-27-16-19/h2-6,8-10,12-14,16,21H,7,11,15,17,26H2,1H3. The van der Waals surface area contributed by atoms with Crippen molar-refractivity contribution >= 4 is 22.7 Å². The van der Waals surface area contributed by atoms with Gasteiger partial charge in [0.15, 0.2) is 0 Å². The second-order valence-electron chi connectivity index (χ2n) is 7.26. The van der Waals surface area contributed by atoms with Crippen LogP contribution in [0, 0.1) is 6.92 Å². The Morgan fingerprint density at radius 2 is 1.93 bits per heavy atom. The Bertz CT molecular complexity index is 1080. The average Bonchev–Trinajstić information content (AvgIpc) is 3.12. The highest BCUT2D eigenvalue weighted by Gasteiger charge is 2.15. The van der Waals surface area contributed by atoms with Crippen molar-refractivity contribution in [1.82, 2.24) is 4.98 Å². The highest BCUT2D eigenvalue weighted by molar-refractivity contribution is 7.98. The fourth-order valence-corrected chi connectivity index (χ4v) is 4.41. The van der Waals surface area contributed by atoms with Crippen LogP contribution < -0.4 is 10.5 Å². The number of fused-ring (bicyclic) bond motifs is 1. The van der Waals surface area contributed by atoms with Gasteiger partial charge < -0.3 is 14.9 Å². The van der Waals surface area contributed by atoms with Gasteiger partial charge in [0.2, 0.25) is 0 Å². The SMILES string of the molecule is Cc1c(CSc2ccccc2)oc2cccc(OCCCC(N)c3cccnc3)c12. The van der Waals surface area contributed by atoms with Crippen LogP contribution in [0.15, 0.2) is 82.4 Å². The summed E-state index contributed by atoms with van der Waals surface area (Å²) in [5, 5.41) is 1.07. The maximum atomic E-state index is 6.26. The van der Waals surface area contributed by atoms with Crippen molar-refractivity contribution in [3.63, 3.8) is 0 Å². The third-order valence-electron chi connectivity index (χ3n) is 5.16. The number of aryl methyl sites for hydroxylation is 1. The average molecular weight is 419 g/mol. The summed E-state index contributed by atoms with van der Waals surface area (Å²) in [5.74, 6) is 2.66. The van der Waals surface area contributed by atoms with Crippen LogP contribution in [0.3, 0.4) is 0 Å². The summed E-state index contributed by atoms with van der Waals surface area (Å²) in [5.41, 5.74) is 9.35. The van der Waals surface area contributed by atoms with Gasteiger partial charge in [-0.15, -0.1) is 11.8 Å². The Hall–Kier alpha value is -2.76. The molecule has 2 aromatic carbocycles. The molecule has 4 aromatic rings. The summed E-state index contributed by atoms with van der Waals surface area (Å²) in [6, 6.07) is 20.3. The van der Waals surface area contributed by atoms with Gasteiger partial charge in [-0.25, -0.2) is 0 Å². The van der Waals surface area contributed by atoms with E-state index in [0.29, 0.717) is 6.61 Å². The summed E-state index contributed by atoms with van der Waals surface area (Å²) < 4.78 is 12.3. The van der Waals surface area contributed by atoms with Gasteiger partial charge >= 0.3 is 0 Å². The predicted octanol–water partition coefficient (Wildman–Crippen LogP) is 6.29. The molecule has 0 spiro atoms. The molecule has 2 aromatic heterocycles. The van der Waals surface area contributed by atoms with Gasteiger partial charge in [0.1, 0.15) is 17.1 Å². The van der Waals surface area contributed by atoms with Crippen LogP contribution in [-0.2, 0) is 5.75 Å². The molecule has 0 aliphatic heterocycles. The molecule has 0 aliphatic carbocycles. The normalized spacial score (nSPS) is 12.2. The quantitative estimate of drug-likeness (QED) is 0.256. The minimum absolute atomic E-state index is 0.0182. The van der Waals surface area contributed by atoms with E-state index in [-0.39, 0.29) is 6.04 Å². The number of benzene rings is 2. The zero-order chi connectivity index (χ0) is 20.8. The summed E-state index contributed by atoms with van der Waals surface area (Å²) >= 11 is 1.78. The lowest BCUT2D eigenvalue weighted by atomic mass is 10.1. The first-order chi connectivity index (χ1) is 14.7. The van der Waals surface area contributed by atoms with E-state index in [1.165, 1.54) is 4.90 Å². The number of thioether (sulfide) groups is 1. The van der Waals surface area contributed by atoms with Crippen molar-refractivity contribution in [1.29, 1.82) is 0 Å². The molecule has 0 bridgehead atoms. The molecule has 1 unspecified atom stereocenters. The number of rotatable bonds is 9. The number of hydrogen-bond acceptors (Lipinski definition) is 5. The Morgan fingerprint density at radius 1 is 1.07 bits per heavy atom. The van der Waals surface area contributed by atoms with Crippen LogP contribution >= 0.6 is 11.8 Å². The number of aromatic nitrogens is 1. The van der Waals surface area contributed by atoms with Gasteiger partial charge in [-0.3, -0.25) is 4.98 Å². The molecule has 30 heavy (non-hydrogen) atoms. The second-order valence-corrected chi connectivity index (χ2v) is 8.31. The van der Waals surface area contributed by atoms with Crippen LogP contribution in [0.25, 0.3) is 11.0 Å². The molecule has 0 radical (unpaired) electrons. The van der Waals surface area contributed by atoms with Crippen molar-refractivity contribution in [2.24, 2.45) is 5.73 Å². The molecule has 0 amide bonds. The van der Waals surface area contributed by atoms with Gasteiger partial charge in [0.05, 0.1) is 17.7 Å². The van der Waals surface area contributed by atoms with Crippen molar-refractivity contribution in [2.75, 3.05) is 6.61 Å². The molecule has 0 aliphatic rings. The van der Waals surface area contributed by atoms with E-state index in [1.54, 1.807) is 18.0 Å². The molecule has 4 rings (SSSR count). The van der Waals surface area contributed by atoms with E-state index in [9.17, 15) is 0 Å². The molecular weight excluding hydrogens is 392 g/mol. The predicted molar refractivity (Wildman–Crippen MR) is 123 cm³/mol. The lowest BCUT2D eigenvalue weighted by Crippen LogP contribution is -2.12. The third kappa shape index (κ3) is 4.86. The largest absolute Gasteiger partial charge is 0.493 e. The van der Waals surface area contributed by atoms with Gasteiger partial charge in [-0.1, -0.05) is 30.3 Å². The van der Waals surface area contributed by atoms with Gasteiger partial charge in [-0.2, -0.15) is 0 Å². The lowest BCUT2D eigenvalue weighted by Gasteiger charge is -2.12. The zero-order valence-electron chi connectivity index (χ0n) is 17.1. The smallest absolute Gasteiger partial charge is 0.138 e. The summed E-state index contributed by atoms with van der Waals surface area (Å²) in [6.45, 7) is 2.73. The van der Waals surface area contributed by atoms with Gasteiger partial charge in [-0.05, 0) is 55.7 Å². The first-order valence-electron chi connectivity index (χ1n) is 10.2. The number of nitrogens with zero attached hydrogens (tertiary/aromatic N) is 1. The molecule has 0 saturated carbocycles. The highest BCUT2D eigenvalue weighted by Crippen LogP contribution is 2.36. The topological polar surface area (TPSA) is 61.3 Å². The van der Waals surface area contributed by atoms with Crippen LogP contribution in [0.1, 0.15) is 35.8 Å². The van der Waals surface area contributed by atoms with Crippen molar-refractivity contribution in [3.8, 4) is 5.75 Å². The Kier molecular flexibility index (Phi) is 6.72. The Balaban J connectivity index is 1.38. The van der Waals surface area contributed by atoms with Crippen molar-refractivity contribution in [3.05, 3.63) is 89.9 Å². The number of hydrogen-bond donors (Lipinski definition) is 1. The molecule has 0 saturated heterocycles. The Labute approximate surface area is 181 Å². The summed E-state index contributed by atoms with van der Waals surface area (Å²) in [7, 11) is 0. The highest BCUT2D eigenvalue weighted by atomic mass is 32.2. The van der Waals surface area contributed by atoms with Crippen LogP contribution in [0.4, 0.5) is 0 Å². The Morgan fingerprint density at radius 3 is 2.73 bits per heavy atom. The molecule has 4 nitrogen and oxygen atoms in total. The van der Waals surface area contributed by atoms with Crippen molar-refractivity contribution < 1.29 is 9.15 Å². The fraction of sp³-hybridized carbons (Fsp3) is 0.240. The maximum Gasteiger partial charge on any atom is 0.138 e. The summed E-state index contributed by atoms with van der Waals surface area (Å²) in [4.78, 5) is 5.37. The zero-order valence-corrected chi connectivity index (χ0v) is 17.9. The number of nitrogens with two attached hydrogens (primary N) is 1. The number of furan rings is 1. The molecule has 2 N–H and O–H groups in total. The summed E-state index contributed by atoms with van der Waals surface area (Å²) in [6.07, 6.45) is 5.32. The number of ether oxygens (including phenoxy) is 1. The molecule has 5 heteroatoms. The van der Waals surface area contributed by atoms with Crippen LogP contribution in [0.2, 0.25) is 0 Å².